The summed E-state index contributed by atoms with van der Waals surface area (Å²) in [6.07, 6.45) is 2.37. The highest BCUT2D eigenvalue weighted by Gasteiger charge is 2.15. The number of halogens is 2. The maximum absolute atomic E-state index is 6.09. The van der Waals surface area contributed by atoms with Gasteiger partial charge in [-0.2, -0.15) is 4.98 Å². The van der Waals surface area contributed by atoms with Gasteiger partial charge in [-0.25, -0.2) is 4.98 Å². The van der Waals surface area contributed by atoms with E-state index in [0.717, 1.165) is 13.0 Å². The van der Waals surface area contributed by atoms with Gasteiger partial charge in [0.1, 0.15) is 12.1 Å². The van der Waals surface area contributed by atoms with Crippen LogP contribution in [0.25, 0.3) is 0 Å². The number of hydrogen-bond donors (Lipinski definition) is 1. The molecule has 112 valence electrons. The molecule has 0 amide bonds. The summed E-state index contributed by atoms with van der Waals surface area (Å²) >= 11 is 11.9. The molecule has 1 heterocycles. The van der Waals surface area contributed by atoms with E-state index in [9.17, 15) is 0 Å². The van der Waals surface area contributed by atoms with E-state index in [1.165, 1.54) is 13.4 Å². The monoisotopic (exact) mass is 327 g/mol. The van der Waals surface area contributed by atoms with Crippen molar-refractivity contribution in [1.82, 2.24) is 9.97 Å². The predicted octanol–water partition coefficient (Wildman–Crippen LogP) is 4.41. The average molecular weight is 328 g/mol. The first-order chi connectivity index (χ1) is 10.2. The van der Waals surface area contributed by atoms with Gasteiger partial charge in [0.25, 0.3) is 5.88 Å². The van der Waals surface area contributed by atoms with Crippen LogP contribution in [-0.2, 0) is 0 Å². The second-order valence-electron chi connectivity index (χ2n) is 4.16. The van der Waals surface area contributed by atoms with Crippen molar-refractivity contribution in [1.29, 1.82) is 0 Å². The predicted molar refractivity (Wildman–Crippen MR) is 83.9 cm³/mol. The SMILES string of the molecule is CCCNc1ncnc(Oc2ccc(Cl)cc2Cl)c1OC. The van der Waals surface area contributed by atoms with Crippen molar-refractivity contribution in [3.8, 4) is 17.4 Å². The van der Waals surface area contributed by atoms with Crippen LogP contribution in [-0.4, -0.2) is 23.6 Å². The molecule has 0 bridgehead atoms. The molecular weight excluding hydrogens is 313 g/mol. The number of anilines is 1. The molecule has 0 unspecified atom stereocenters. The molecule has 7 heteroatoms. The van der Waals surface area contributed by atoms with Crippen LogP contribution in [0, 0.1) is 0 Å². The summed E-state index contributed by atoms with van der Waals surface area (Å²) < 4.78 is 11.0. The number of methoxy groups -OCH3 is 1. The van der Waals surface area contributed by atoms with Crippen LogP contribution in [0.4, 0.5) is 5.82 Å². The van der Waals surface area contributed by atoms with Gasteiger partial charge in [0, 0.05) is 11.6 Å². The molecule has 0 saturated carbocycles. The Morgan fingerprint density at radius 1 is 1.24 bits per heavy atom. The Balaban J connectivity index is 2.30. The van der Waals surface area contributed by atoms with Gasteiger partial charge in [-0.15, -0.1) is 0 Å². The van der Waals surface area contributed by atoms with Crippen LogP contribution >= 0.6 is 23.2 Å². The summed E-state index contributed by atoms with van der Waals surface area (Å²) in [5, 5.41) is 4.08. The lowest BCUT2D eigenvalue weighted by molar-refractivity contribution is 0.369. The van der Waals surface area contributed by atoms with Gasteiger partial charge in [0.05, 0.1) is 12.1 Å². The highest BCUT2D eigenvalue weighted by atomic mass is 35.5. The Hall–Kier alpha value is -1.72. The van der Waals surface area contributed by atoms with Crippen LogP contribution in [0.15, 0.2) is 24.5 Å². The number of nitrogens with one attached hydrogen (secondary N) is 1. The zero-order valence-corrected chi connectivity index (χ0v) is 13.2. The van der Waals surface area contributed by atoms with Crippen LogP contribution < -0.4 is 14.8 Å². The molecule has 2 rings (SSSR count). The van der Waals surface area contributed by atoms with E-state index in [4.69, 9.17) is 32.7 Å². The zero-order chi connectivity index (χ0) is 15.2. The third-order valence-electron chi connectivity index (χ3n) is 2.62. The Labute approximate surface area is 133 Å². The minimum atomic E-state index is 0.287. The number of aromatic nitrogens is 2. The average Bonchev–Trinajstić information content (AvgIpc) is 2.48. The first kappa shape index (κ1) is 15.7. The standard InChI is InChI=1S/C14H15Cl2N3O2/c1-3-6-17-13-12(20-2)14(19-8-18-13)21-11-5-4-9(15)7-10(11)16/h4-5,7-8H,3,6H2,1-2H3,(H,17,18,19). The van der Waals surface area contributed by atoms with E-state index in [1.807, 2.05) is 0 Å². The fourth-order valence-corrected chi connectivity index (χ4v) is 2.09. The van der Waals surface area contributed by atoms with Crippen LogP contribution in [0.5, 0.6) is 17.4 Å². The van der Waals surface area contributed by atoms with E-state index in [2.05, 4.69) is 22.2 Å². The lowest BCUT2D eigenvalue weighted by Gasteiger charge is -2.13. The van der Waals surface area contributed by atoms with Crippen molar-refractivity contribution < 1.29 is 9.47 Å². The molecule has 1 N–H and O–H groups in total. The highest BCUT2D eigenvalue weighted by Crippen LogP contribution is 2.37. The fraction of sp³-hybridized carbons (Fsp3) is 0.286. The largest absolute Gasteiger partial charge is 0.489 e. The smallest absolute Gasteiger partial charge is 0.268 e. The molecule has 0 fully saturated rings. The number of hydrogen-bond acceptors (Lipinski definition) is 5. The van der Waals surface area contributed by atoms with Crippen molar-refractivity contribution in [3.63, 3.8) is 0 Å². The van der Waals surface area contributed by atoms with Crippen molar-refractivity contribution in [2.75, 3.05) is 19.0 Å². The molecule has 0 spiro atoms. The minimum absolute atomic E-state index is 0.287. The van der Waals surface area contributed by atoms with Crippen molar-refractivity contribution >= 4 is 29.0 Å². The molecule has 5 nitrogen and oxygen atoms in total. The van der Waals surface area contributed by atoms with E-state index >= 15 is 0 Å². The molecule has 21 heavy (non-hydrogen) atoms. The number of nitrogens with zero attached hydrogens (tertiary/aromatic N) is 2. The van der Waals surface area contributed by atoms with Gasteiger partial charge < -0.3 is 14.8 Å². The lowest BCUT2D eigenvalue weighted by atomic mass is 10.3. The Morgan fingerprint density at radius 3 is 2.71 bits per heavy atom. The molecule has 0 saturated heterocycles. The summed E-state index contributed by atoms with van der Waals surface area (Å²) in [5.74, 6) is 1.74. The van der Waals surface area contributed by atoms with Crippen molar-refractivity contribution in [3.05, 3.63) is 34.6 Å². The first-order valence-electron chi connectivity index (χ1n) is 6.41. The quantitative estimate of drug-likeness (QED) is 0.851. The Kier molecular flexibility index (Phi) is 5.47. The van der Waals surface area contributed by atoms with Crippen LogP contribution in [0.1, 0.15) is 13.3 Å². The molecule has 0 aliphatic rings. The number of ether oxygens (including phenoxy) is 2. The maximum atomic E-state index is 6.09. The molecule has 1 aromatic heterocycles. The normalized spacial score (nSPS) is 10.3. The van der Waals surface area contributed by atoms with Crippen molar-refractivity contribution in [2.24, 2.45) is 0 Å². The van der Waals surface area contributed by atoms with Crippen LogP contribution in [0.3, 0.4) is 0 Å². The minimum Gasteiger partial charge on any atom is -0.489 e. The zero-order valence-electron chi connectivity index (χ0n) is 11.7. The lowest BCUT2D eigenvalue weighted by Crippen LogP contribution is -2.06. The van der Waals surface area contributed by atoms with Crippen molar-refractivity contribution in [2.45, 2.75) is 13.3 Å². The fourth-order valence-electron chi connectivity index (χ4n) is 1.65. The van der Waals surface area contributed by atoms with Gasteiger partial charge >= 0.3 is 0 Å². The summed E-state index contributed by atoms with van der Waals surface area (Å²) in [6.45, 7) is 2.83. The summed E-state index contributed by atoms with van der Waals surface area (Å²) in [5.41, 5.74) is 0. The third-order valence-corrected chi connectivity index (χ3v) is 3.15. The molecule has 2 aromatic rings. The Bertz CT molecular complexity index is 623. The molecule has 0 atom stereocenters. The topological polar surface area (TPSA) is 56.3 Å². The molecule has 0 radical (unpaired) electrons. The van der Waals surface area contributed by atoms with E-state index < -0.39 is 0 Å². The second-order valence-corrected chi connectivity index (χ2v) is 5.01. The van der Waals surface area contributed by atoms with Gasteiger partial charge in [-0.1, -0.05) is 30.1 Å². The number of benzene rings is 1. The van der Waals surface area contributed by atoms with Gasteiger partial charge in [0.2, 0.25) is 5.75 Å². The van der Waals surface area contributed by atoms with Gasteiger partial charge in [0.15, 0.2) is 5.82 Å². The summed E-state index contributed by atoms with van der Waals surface area (Å²) in [7, 11) is 1.53. The summed E-state index contributed by atoms with van der Waals surface area (Å²) in [6, 6.07) is 4.96. The maximum Gasteiger partial charge on any atom is 0.268 e. The van der Waals surface area contributed by atoms with E-state index in [1.54, 1.807) is 18.2 Å². The summed E-state index contributed by atoms with van der Waals surface area (Å²) in [4.78, 5) is 8.23. The molecule has 0 aliphatic heterocycles. The van der Waals surface area contributed by atoms with E-state index in [0.29, 0.717) is 27.4 Å². The van der Waals surface area contributed by atoms with Crippen LogP contribution in [0.2, 0.25) is 10.0 Å². The molecule has 0 aliphatic carbocycles. The van der Waals surface area contributed by atoms with E-state index in [-0.39, 0.29) is 5.88 Å². The number of rotatable bonds is 6. The first-order valence-corrected chi connectivity index (χ1v) is 7.17. The Morgan fingerprint density at radius 2 is 2.05 bits per heavy atom. The molecular formula is C14H15Cl2N3O2. The second kappa shape index (κ2) is 7.33. The third kappa shape index (κ3) is 3.89. The highest BCUT2D eigenvalue weighted by molar-refractivity contribution is 6.35. The van der Waals surface area contributed by atoms with Gasteiger partial charge in [-0.05, 0) is 24.6 Å². The molecule has 1 aromatic carbocycles. The van der Waals surface area contributed by atoms with Gasteiger partial charge in [-0.3, -0.25) is 0 Å².